The molecule has 0 saturated carbocycles. The highest BCUT2D eigenvalue weighted by atomic mass is 28.3. The largest absolute Gasteiger partial charge is 0.486 e. The smallest absolute Gasteiger partial charge is 0.309 e. The van der Waals surface area contributed by atoms with Crippen molar-refractivity contribution in [2.45, 2.75) is 71.2 Å². The third-order valence-corrected chi connectivity index (χ3v) is 6.39. The van der Waals surface area contributed by atoms with Gasteiger partial charge >= 0.3 is 5.97 Å². The summed E-state index contributed by atoms with van der Waals surface area (Å²) in [6.45, 7) is 15.6. The van der Waals surface area contributed by atoms with Gasteiger partial charge in [-0.15, -0.1) is 5.54 Å². The van der Waals surface area contributed by atoms with Crippen LogP contribution in [0, 0.1) is 23.3 Å². The topological polar surface area (TPSA) is 35.5 Å². The van der Waals surface area contributed by atoms with Crippen LogP contribution in [-0.2, 0) is 21.4 Å². The highest BCUT2D eigenvalue weighted by molar-refractivity contribution is 6.83. The van der Waals surface area contributed by atoms with Crippen LogP contribution in [0.3, 0.4) is 0 Å². The van der Waals surface area contributed by atoms with Crippen molar-refractivity contribution in [2.75, 3.05) is 7.11 Å². The second-order valence-corrected chi connectivity index (χ2v) is 15.8. The van der Waals surface area contributed by atoms with Crippen molar-refractivity contribution in [1.29, 1.82) is 0 Å². The fourth-order valence-electron chi connectivity index (χ4n) is 4.22. The van der Waals surface area contributed by atoms with Gasteiger partial charge in [0.15, 0.2) is 0 Å². The molecular weight excluding hydrogens is 424 g/mol. The minimum Gasteiger partial charge on any atom is -0.486 e. The van der Waals surface area contributed by atoms with Crippen molar-refractivity contribution in [3.63, 3.8) is 0 Å². The Hall–Kier alpha value is -2.95. The molecule has 4 heteroatoms. The van der Waals surface area contributed by atoms with E-state index in [1.165, 1.54) is 12.7 Å². The normalized spacial score (nSPS) is 15.6. The predicted octanol–water partition coefficient (Wildman–Crippen LogP) is 5.87. The Bertz CT molecular complexity index is 1170. The van der Waals surface area contributed by atoms with Crippen molar-refractivity contribution < 1.29 is 14.3 Å². The van der Waals surface area contributed by atoms with Crippen LogP contribution in [0.25, 0.3) is 0 Å². The quantitative estimate of drug-likeness (QED) is 0.321. The zero-order valence-electron chi connectivity index (χ0n) is 21.1. The molecule has 0 saturated heterocycles. The number of esters is 1. The molecule has 1 aliphatic heterocycles. The van der Waals surface area contributed by atoms with E-state index < -0.39 is 8.07 Å². The Morgan fingerprint density at radius 3 is 2.24 bits per heavy atom. The van der Waals surface area contributed by atoms with Gasteiger partial charge in [0.1, 0.15) is 19.4 Å². The number of fused-ring (bicyclic) bond motifs is 1. The van der Waals surface area contributed by atoms with E-state index in [4.69, 9.17) is 9.47 Å². The number of carbonyl (C=O) groups excluding carboxylic acids is 1. The highest BCUT2D eigenvalue weighted by Crippen LogP contribution is 2.46. The van der Waals surface area contributed by atoms with Gasteiger partial charge in [-0.25, -0.2) is 0 Å². The van der Waals surface area contributed by atoms with Crippen molar-refractivity contribution in [3.8, 4) is 29.1 Å². The van der Waals surface area contributed by atoms with Crippen LogP contribution >= 0.6 is 0 Å². The first-order valence-corrected chi connectivity index (χ1v) is 14.9. The summed E-state index contributed by atoms with van der Waals surface area (Å²) in [6, 6.07) is 11.9. The third-order valence-electron chi connectivity index (χ3n) is 5.52. The van der Waals surface area contributed by atoms with E-state index in [0.29, 0.717) is 0 Å². The number of ether oxygens (including phenoxy) is 2. The number of hydrogen-bond acceptors (Lipinski definition) is 3. The Morgan fingerprint density at radius 2 is 1.64 bits per heavy atom. The number of benzene rings is 2. The van der Waals surface area contributed by atoms with Gasteiger partial charge in [0, 0.05) is 16.7 Å². The average Bonchev–Trinajstić information content (AvgIpc) is 2.70. The minimum atomic E-state index is -1.55. The van der Waals surface area contributed by atoms with Gasteiger partial charge in [-0.1, -0.05) is 63.4 Å². The molecule has 0 N–H and O–H groups in total. The van der Waals surface area contributed by atoms with Gasteiger partial charge < -0.3 is 9.47 Å². The number of rotatable bonds is 2. The first-order valence-electron chi connectivity index (χ1n) is 11.4. The molecule has 172 valence electrons. The molecule has 2 aromatic rings. The lowest BCUT2D eigenvalue weighted by molar-refractivity contribution is -0.139. The SMILES string of the molecule is COC(=O)Cc1ccc(C#Cc2cc(C#C[Si](C)(C)C)c3c(c2)C(C)(C)CC(C)(C)O3)cc1. The molecule has 0 fully saturated rings. The lowest BCUT2D eigenvalue weighted by Gasteiger charge is -2.43. The average molecular weight is 459 g/mol. The molecule has 0 bridgehead atoms. The van der Waals surface area contributed by atoms with Crippen LogP contribution < -0.4 is 4.74 Å². The van der Waals surface area contributed by atoms with E-state index in [2.05, 4.69) is 82.8 Å². The van der Waals surface area contributed by atoms with Gasteiger partial charge in [0.2, 0.25) is 0 Å². The van der Waals surface area contributed by atoms with Crippen LogP contribution in [0.2, 0.25) is 19.6 Å². The van der Waals surface area contributed by atoms with Gasteiger partial charge in [-0.2, -0.15) is 0 Å². The monoisotopic (exact) mass is 458 g/mol. The van der Waals surface area contributed by atoms with Gasteiger partial charge in [0.25, 0.3) is 0 Å². The van der Waals surface area contributed by atoms with Gasteiger partial charge in [-0.05, 0) is 55.5 Å². The second kappa shape index (κ2) is 9.12. The third kappa shape index (κ3) is 6.53. The van der Waals surface area contributed by atoms with Crippen molar-refractivity contribution in [2.24, 2.45) is 0 Å². The predicted molar refractivity (Wildman–Crippen MR) is 137 cm³/mol. The molecule has 2 aromatic carbocycles. The molecule has 3 rings (SSSR count). The molecule has 0 spiro atoms. The fourth-order valence-corrected chi connectivity index (χ4v) is 4.73. The lowest BCUT2D eigenvalue weighted by atomic mass is 9.72. The van der Waals surface area contributed by atoms with Gasteiger partial charge in [0.05, 0.1) is 19.1 Å². The summed E-state index contributed by atoms with van der Waals surface area (Å²) >= 11 is 0. The van der Waals surface area contributed by atoms with Crippen LogP contribution in [0.1, 0.15) is 61.9 Å². The molecule has 3 nitrogen and oxygen atoms in total. The minimum absolute atomic E-state index is 0.0418. The molecule has 33 heavy (non-hydrogen) atoms. The summed E-state index contributed by atoms with van der Waals surface area (Å²) in [5.74, 6) is 10.7. The molecule has 1 aliphatic rings. The zero-order chi connectivity index (χ0) is 24.4. The summed E-state index contributed by atoms with van der Waals surface area (Å²) in [7, 11) is -0.152. The molecule has 0 radical (unpaired) electrons. The summed E-state index contributed by atoms with van der Waals surface area (Å²) in [5.41, 5.74) is 8.04. The van der Waals surface area contributed by atoms with Crippen molar-refractivity contribution >= 4 is 14.0 Å². The van der Waals surface area contributed by atoms with E-state index in [1.807, 2.05) is 24.3 Å². The zero-order valence-corrected chi connectivity index (χ0v) is 22.1. The van der Waals surface area contributed by atoms with E-state index in [9.17, 15) is 4.79 Å². The standard InChI is InChI=1S/C29H34O3Si/c1-28(2)20-29(3,4)32-27-24(15-16-33(6,7)8)17-23(18-25(27)28)14-11-21-9-12-22(13-10-21)19-26(30)31-5/h9-10,12-13,17-18H,19-20H2,1-8H3. The molecule has 0 amide bonds. The first kappa shape index (κ1) is 24.7. The van der Waals surface area contributed by atoms with Crippen LogP contribution in [0.15, 0.2) is 36.4 Å². The summed E-state index contributed by atoms with van der Waals surface area (Å²) in [4.78, 5) is 11.5. The Kier molecular flexibility index (Phi) is 6.82. The lowest BCUT2D eigenvalue weighted by Crippen LogP contribution is -2.41. The molecule has 0 atom stereocenters. The van der Waals surface area contributed by atoms with E-state index in [-0.39, 0.29) is 23.4 Å². The molecule has 1 heterocycles. The number of hydrogen-bond donors (Lipinski definition) is 0. The Labute approximate surface area is 199 Å². The van der Waals surface area contributed by atoms with Crippen molar-refractivity contribution in [1.82, 2.24) is 0 Å². The van der Waals surface area contributed by atoms with E-state index in [0.717, 1.165) is 34.4 Å². The Balaban J connectivity index is 2.02. The molecular formula is C29H34O3Si. The number of methoxy groups -OCH3 is 1. The maximum Gasteiger partial charge on any atom is 0.309 e. The summed E-state index contributed by atoms with van der Waals surface area (Å²) < 4.78 is 11.2. The second-order valence-electron chi connectivity index (χ2n) is 11.0. The molecule has 0 aliphatic carbocycles. The summed E-state index contributed by atoms with van der Waals surface area (Å²) in [5, 5.41) is 0. The maximum absolute atomic E-state index is 11.5. The van der Waals surface area contributed by atoms with Crippen LogP contribution in [0.5, 0.6) is 5.75 Å². The maximum atomic E-state index is 11.5. The highest BCUT2D eigenvalue weighted by Gasteiger charge is 2.40. The van der Waals surface area contributed by atoms with E-state index in [1.54, 1.807) is 0 Å². The fraction of sp³-hybridized carbons (Fsp3) is 0.414. The van der Waals surface area contributed by atoms with Crippen molar-refractivity contribution in [3.05, 3.63) is 64.2 Å². The van der Waals surface area contributed by atoms with Crippen LogP contribution in [0.4, 0.5) is 0 Å². The summed E-state index contributed by atoms with van der Waals surface area (Å²) in [6.07, 6.45) is 1.19. The number of carbonyl (C=O) groups is 1. The Morgan fingerprint density at radius 1 is 1.00 bits per heavy atom. The molecule has 0 aromatic heterocycles. The van der Waals surface area contributed by atoms with Gasteiger partial charge in [-0.3, -0.25) is 4.79 Å². The molecule has 0 unspecified atom stereocenters. The van der Waals surface area contributed by atoms with E-state index >= 15 is 0 Å². The van der Waals surface area contributed by atoms with Crippen LogP contribution in [-0.4, -0.2) is 26.8 Å². The first-order chi connectivity index (χ1) is 15.3.